The quantitative estimate of drug-likeness (QED) is 0.913. The second-order valence-corrected chi connectivity index (χ2v) is 5.73. The van der Waals surface area contributed by atoms with Crippen molar-refractivity contribution in [2.75, 3.05) is 21.1 Å². The van der Waals surface area contributed by atoms with E-state index in [9.17, 15) is 0 Å². The highest BCUT2D eigenvalue weighted by Gasteiger charge is 2.31. The first-order valence-electron chi connectivity index (χ1n) is 6.66. The summed E-state index contributed by atoms with van der Waals surface area (Å²) in [6, 6.07) is 10.8. The Labute approximate surface area is 115 Å². The van der Waals surface area contributed by atoms with Crippen LogP contribution in [0.3, 0.4) is 0 Å². The zero-order valence-corrected chi connectivity index (χ0v) is 12.4. The van der Waals surface area contributed by atoms with E-state index < -0.39 is 0 Å². The lowest BCUT2D eigenvalue weighted by Crippen LogP contribution is -2.48. The fourth-order valence-electron chi connectivity index (χ4n) is 2.45. The van der Waals surface area contributed by atoms with Crippen LogP contribution < -0.4 is 5.32 Å². The molecule has 1 unspecified atom stereocenters. The molecular formula is C16H23N3. The minimum atomic E-state index is 0.0250. The fraction of sp³-hybridized carbons (Fsp3) is 0.438. The van der Waals surface area contributed by atoms with Gasteiger partial charge < -0.3 is 10.2 Å². The van der Waals surface area contributed by atoms with Gasteiger partial charge in [-0.3, -0.25) is 4.98 Å². The third-order valence-electron chi connectivity index (χ3n) is 4.11. The van der Waals surface area contributed by atoms with E-state index in [4.69, 9.17) is 0 Å². The molecule has 0 radical (unpaired) electrons. The summed E-state index contributed by atoms with van der Waals surface area (Å²) < 4.78 is 0. The molecular weight excluding hydrogens is 234 g/mol. The van der Waals surface area contributed by atoms with Crippen LogP contribution in [0.15, 0.2) is 36.5 Å². The van der Waals surface area contributed by atoms with Gasteiger partial charge in [0, 0.05) is 23.2 Å². The topological polar surface area (TPSA) is 28.2 Å². The van der Waals surface area contributed by atoms with Gasteiger partial charge in [0.1, 0.15) is 0 Å². The minimum Gasteiger partial charge on any atom is -0.311 e. The molecule has 1 aromatic carbocycles. The molecule has 102 valence electrons. The van der Waals surface area contributed by atoms with Gasteiger partial charge in [-0.1, -0.05) is 18.2 Å². The van der Waals surface area contributed by atoms with Crippen LogP contribution in [0, 0.1) is 0 Å². The summed E-state index contributed by atoms with van der Waals surface area (Å²) in [4.78, 5) is 6.69. The molecule has 19 heavy (non-hydrogen) atoms. The molecule has 0 aliphatic rings. The Morgan fingerprint density at radius 1 is 1.21 bits per heavy atom. The highest BCUT2D eigenvalue weighted by molar-refractivity contribution is 5.79. The Balaban J connectivity index is 2.46. The summed E-state index contributed by atoms with van der Waals surface area (Å²) in [5, 5.41) is 4.62. The molecule has 0 amide bonds. The van der Waals surface area contributed by atoms with Gasteiger partial charge in [0.15, 0.2) is 0 Å². The average molecular weight is 257 g/mol. The summed E-state index contributed by atoms with van der Waals surface area (Å²) in [5.41, 5.74) is 2.35. The summed E-state index contributed by atoms with van der Waals surface area (Å²) in [7, 11) is 6.24. The number of benzene rings is 1. The molecule has 3 nitrogen and oxygen atoms in total. The first-order valence-corrected chi connectivity index (χ1v) is 6.66. The zero-order valence-electron chi connectivity index (χ0n) is 12.4. The molecule has 1 N–H and O–H groups in total. The second kappa shape index (κ2) is 5.27. The van der Waals surface area contributed by atoms with Crippen LogP contribution in [-0.2, 0) is 0 Å². The van der Waals surface area contributed by atoms with E-state index in [0.717, 1.165) is 5.52 Å². The first-order chi connectivity index (χ1) is 8.96. The number of fused-ring (bicyclic) bond motifs is 1. The van der Waals surface area contributed by atoms with Crippen molar-refractivity contribution in [1.82, 2.24) is 15.2 Å². The number of nitrogens with zero attached hydrogens (tertiary/aromatic N) is 2. The van der Waals surface area contributed by atoms with Crippen molar-refractivity contribution in [1.29, 1.82) is 0 Å². The molecule has 0 saturated carbocycles. The van der Waals surface area contributed by atoms with Crippen LogP contribution in [0.25, 0.3) is 10.9 Å². The SMILES string of the molecule is CNC(c1ccc2cccnc2c1)C(C)(C)N(C)C. The third-order valence-corrected chi connectivity index (χ3v) is 4.11. The predicted octanol–water partition coefficient (Wildman–Crippen LogP) is 2.84. The maximum absolute atomic E-state index is 4.44. The maximum atomic E-state index is 4.44. The van der Waals surface area contributed by atoms with Gasteiger partial charge in [-0.25, -0.2) is 0 Å². The van der Waals surface area contributed by atoms with Gasteiger partial charge >= 0.3 is 0 Å². The van der Waals surface area contributed by atoms with Crippen molar-refractivity contribution >= 4 is 10.9 Å². The zero-order chi connectivity index (χ0) is 14.0. The van der Waals surface area contributed by atoms with Crippen LogP contribution in [0.2, 0.25) is 0 Å². The molecule has 0 bridgehead atoms. The van der Waals surface area contributed by atoms with Crippen molar-refractivity contribution in [2.24, 2.45) is 0 Å². The van der Waals surface area contributed by atoms with E-state index in [-0.39, 0.29) is 11.6 Å². The molecule has 0 saturated heterocycles. The van der Waals surface area contributed by atoms with E-state index in [0.29, 0.717) is 0 Å². The van der Waals surface area contributed by atoms with Crippen LogP contribution in [0.5, 0.6) is 0 Å². The minimum absolute atomic E-state index is 0.0250. The van der Waals surface area contributed by atoms with Crippen molar-refractivity contribution in [3.05, 3.63) is 42.1 Å². The molecule has 0 spiro atoms. The van der Waals surface area contributed by atoms with Gasteiger partial charge in [0.25, 0.3) is 0 Å². The Hall–Kier alpha value is -1.45. The van der Waals surface area contributed by atoms with Crippen LogP contribution in [-0.4, -0.2) is 36.6 Å². The Kier molecular flexibility index (Phi) is 3.88. The van der Waals surface area contributed by atoms with E-state index >= 15 is 0 Å². The summed E-state index contributed by atoms with van der Waals surface area (Å²) in [6.07, 6.45) is 1.84. The van der Waals surface area contributed by atoms with Crippen LogP contribution in [0.1, 0.15) is 25.5 Å². The number of pyridine rings is 1. The second-order valence-electron chi connectivity index (χ2n) is 5.73. The lowest BCUT2D eigenvalue weighted by molar-refractivity contribution is 0.142. The van der Waals surface area contributed by atoms with Crippen molar-refractivity contribution in [3.63, 3.8) is 0 Å². The van der Waals surface area contributed by atoms with Gasteiger partial charge in [0.05, 0.1) is 5.52 Å². The summed E-state index contributed by atoms with van der Waals surface area (Å²) >= 11 is 0. The van der Waals surface area contributed by atoms with Crippen molar-refractivity contribution < 1.29 is 0 Å². The number of rotatable bonds is 4. The molecule has 0 aliphatic carbocycles. The van der Waals surface area contributed by atoms with Gasteiger partial charge in [-0.2, -0.15) is 0 Å². The highest BCUT2D eigenvalue weighted by Crippen LogP contribution is 2.30. The molecule has 1 aromatic heterocycles. The van der Waals surface area contributed by atoms with Gasteiger partial charge in [0.2, 0.25) is 0 Å². The Morgan fingerprint density at radius 2 is 1.95 bits per heavy atom. The van der Waals surface area contributed by atoms with Crippen LogP contribution >= 0.6 is 0 Å². The lowest BCUT2D eigenvalue weighted by Gasteiger charge is -2.40. The molecule has 2 rings (SSSR count). The highest BCUT2D eigenvalue weighted by atomic mass is 15.2. The number of likely N-dealkylation sites (N-methyl/N-ethyl adjacent to an activating group) is 2. The molecule has 0 aliphatic heterocycles. The summed E-state index contributed by atoms with van der Waals surface area (Å²) in [5.74, 6) is 0. The van der Waals surface area contributed by atoms with E-state index in [1.54, 1.807) is 0 Å². The summed E-state index contributed by atoms with van der Waals surface area (Å²) in [6.45, 7) is 4.49. The first kappa shape index (κ1) is 14.0. The number of aromatic nitrogens is 1. The van der Waals surface area contributed by atoms with Gasteiger partial charge in [-0.15, -0.1) is 0 Å². The fourth-order valence-corrected chi connectivity index (χ4v) is 2.45. The Bertz CT molecular complexity index is 561. The number of nitrogens with one attached hydrogen (secondary N) is 1. The Morgan fingerprint density at radius 3 is 2.58 bits per heavy atom. The van der Waals surface area contributed by atoms with E-state index in [1.165, 1.54) is 10.9 Å². The largest absolute Gasteiger partial charge is 0.311 e. The van der Waals surface area contributed by atoms with Crippen molar-refractivity contribution in [2.45, 2.75) is 25.4 Å². The van der Waals surface area contributed by atoms with Crippen LogP contribution in [0.4, 0.5) is 0 Å². The predicted molar refractivity (Wildman–Crippen MR) is 81.3 cm³/mol. The standard InChI is InChI=1S/C16H23N3/c1-16(2,19(4)5)15(17-3)13-9-8-12-7-6-10-18-14(12)11-13/h6-11,15,17H,1-5H3. The molecule has 3 heteroatoms. The molecule has 1 atom stereocenters. The molecule has 0 fully saturated rings. The average Bonchev–Trinajstić information content (AvgIpc) is 2.39. The lowest BCUT2D eigenvalue weighted by atomic mass is 9.87. The normalized spacial score (nSPS) is 14.0. The van der Waals surface area contributed by atoms with Gasteiger partial charge in [-0.05, 0) is 52.7 Å². The molecule has 1 heterocycles. The molecule has 2 aromatic rings. The monoisotopic (exact) mass is 257 g/mol. The smallest absolute Gasteiger partial charge is 0.0705 e. The van der Waals surface area contributed by atoms with E-state index in [1.807, 2.05) is 19.3 Å². The third kappa shape index (κ3) is 2.62. The van der Waals surface area contributed by atoms with E-state index in [2.05, 4.69) is 67.4 Å². The number of hydrogen-bond acceptors (Lipinski definition) is 3. The van der Waals surface area contributed by atoms with Crippen molar-refractivity contribution in [3.8, 4) is 0 Å². The number of hydrogen-bond donors (Lipinski definition) is 1. The maximum Gasteiger partial charge on any atom is 0.0705 e.